The Morgan fingerprint density at radius 2 is 1.45 bits per heavy atom. The Bertz CT molecular complexity index is 1490. The largest absolute Gasteiger partial charge is 0.508 e. The Labute approximate surface area is 235 Å². The number of aromatic hydroxyl groups is 1. The van der Waals surface area contributed by atoms with Gasteiger partial charge in [0.2, 0.25) is 0 Å². The molecule has 0 saturated heterocycles. The number of carbonyl (C=O) groups excluding carboxylic acids is 1. The summed E-state index contributed by atoms with van der Waals surface area (Å²) in [5.41, 5.74) is 5.96. The third-order valence-electron chi connectivity index (χ3n) is 6.99. The minimum atomic E-state index is -0.0656. The summed E-state index contributed by atoms with van der Waals surface area (Å²) in [7, 11) is 5.74. The SMILES string of the molecule is COc1ccc(CN2C(=O)/C(=C(/c3ccc(O)cc3)c3ccc(OCCCN(C)C)cc3)c3ccccc32)cc1. The number of benzene rings is 4. The fourth-order valence-electron chi connectivity index (χ4n) is 4.96. The van der Waals surface area contributed by atoms with Crippen LogP contribution >= 0.6 is 0 Å². The molecule has 204 valence electrons. The third-order valence-corrected chi connectivity index (χ3v) is 6.99. The topological polar surface area (TPSA) is 62.2 Å². The van der Waals surface area contributed by atoms with Gasteiger partial charge < -0.3 is 24.4 Å². The molecule has 0 saturated carbocycles. The smallest absolute Gasteiger partial charge is 0.259 e. The van der Waals surface area contributed by atoms with E-state index in [1.807, 2.05) is 104 Å². The van der Waals surface area contributed by atoms with Gasteiger partial charge in [0.05, 0.1) is 31.5 Å². The van der Waals surface area contributed by atoms with Crippen LogP contribution in [0.2, 0.25) is 0 Å². The Balaban J connectivity index is 1.55. The summed E-state index contributed by atoms with van der Waals surface area (Å²) < 4.78 is 11.3. The lowest BCUT2D eigenvalue weighted by Gasteiger charge is -2.18. The first-order valence-corrected chi connectivity index (χ1v) is 13.4. The van der Waals surface area contributed by atoms with E-state index in [2.05, 4.69) is 4.90 Å². The van der Waals surface area contributed by atoms with Gasteiger partial charge in [0.1, 0.15) is 17.2 Å². The zero-order valence-electron chi connectivity index (χ0n) is 23.1. The number of anilines is 1. The number of fused-ring (bicyclic) bond motifs is 1. The fourth-order valence-corrected chi connectivity index (χ4v) is 4.96. The van der Waals surface area contributed by atoms with Crippen molar-refractivity contribution >= 4 is 22.7 Å². The van der Waals surface area contributed by atoms with Crippen LogP contribution in [0.1, 0.15) is 28.7 Å². The lowest BCUT2D eigenvalue weighted by Crippen LogP contribution is -2.26. The minimum absolute atomic E-state index is 0.0656. The van der Waals surface area contributed by atoms with Crippen molar-refractivity contribution in [3.8, 4) is 17.2 Å². The number of rotatable bonds is 10. The summed E-state index contributed by atoms with van der Waals surface area (Å²) in [5.74, 6) is 1.67. The van der Waals surface area contributed by atoms with E-state index >= 15 is 0 Å². The first kappa shape index (κ1) is 27.0. The molecule has 4 aromatic carbocycles. The Morgan fingerprint density at radius 1 is 0.825 bits per heavy atom. The lowest BCUT2D eigenvalue weighted by molar-refractivity contribution is -0.113. The molecule has 1 N–H and O–H groups in total. The van der Waals surface area contributed by atoms with Gasteiger partial charge in [0, 0.05) is 17.7 Å². The number of hydrogen-bond donors (Lipinski definition) is 1. The number of amides is 1. The van der Waals surface area contributed by atoms with Crippen molar-refractivity contribution < 1.29 is 19.4 Å². The fraction of sp³-hybridized carbons (Fsp3) is 0.206. The van der Waals surface area contributed by atoms with E-state index in [9.17, 15) is 9.90 Å². The van der Waals surface area contributed by atoms with Crippen LogP contribution in [-0.4, -0.2) is 50.3 Å². The van der Waals surface area contributed by atoms with Crippen molar-refractivity contribution in [3.63, 3.8) is 0 Å². The second-order valence-electron chi connectivity index (χ2n) is 10.1. The van der Waals surface area contributed by atoms with Crippen LogP contribution in [0.15, 0.2) is 97.1 Å². The maximum absolute atomic E-state index is 14.2. The minimum Gasteiger partial charge on any atom is -0.508 e. The summed E-state index contributed by atoms with van der Waals surface area (Å²) in [6.07, 6.45) is 0.937. The molecule has 0 aliphatic carbocycles. The summed E-state index contributed by atoms with van der Waals surface area (Å²) in [5, 5.41) is 9.98. The summed E-state index contributed by atoms with van der Waals surface area (Å²) >= 11 is 0. The highest BCUT2D eigenvalue weighted by Crippen LogP contribution is 2.44. The molecule has 0 aromatic heterocycles. The number of nitrogens with zero attached hydrogens (tertiary/aromatic N) is 2. The van der Waals surface area contributed by atoms with Crippen molar-refractivity contribution in [2.24, 2.45) is 0 Å². The van der Waals surface area contributed by atoms with Gasteiger partial charge in [0.15, 0.2) is 0 Å². The van der Waals surface area contributed by atoms with E-state index in [1.165, 1.54) is 0 Å². The van der Waals surface area contributed by atoms with Gasteiger partial charge in [0.25, 0.3) is 5.91 Å². The number of ether oxygens (including phenoxy) is 2. The normalized spacial score (nSPS) is 13.9. The highest BCUT2D eigenvalue weighted by molar-refractivity contribution is 6.38. The van der Waals surface area contributed by atoms with Gasteiger partial charge >= 0.3 is 0 Å². The van der Waals surface area contributed by atoms with Crippen molar-refractivity contribution in [3.05, 3.63) is 119 Å². The molecule has 0 bridgehead atoms. The van der Waals surface area contributed by atoms with Gasteiger partial charge in [-0.3, -0.25) is 4.79 Å². The molecule has 1 aliphatic heterocycles. The molecule has 0 fully saturated rings. The van der Waals surface area contributed by atoms with Crippen LogP contribution in [0.3, 0.4) is 0 Å². The zero-order valence-corrected chi connectivity index (χ0v) is 23.1. The predicted octanol–water partition coefficient (Wildman–Crippen LogP) is 6.24. The molecule has 6 nitrogen and oxygen atoms in total. The molecule has 0 atom stereocenters. The molecule has 1 aliphatic rings. The Morgan fingerprint density at radius 3 is 2.10 bits per heavy atom. The van der Waals surface area contributed by atoms with Gasteiger partial charge in [-0.15, -0.1) is 0 Å². The number of para-hydroxylation sites is 1. The number of carbonyl (C=O) groups is 1. The number of methoxy groups -OCH3 is 1. The Kier molecular flexibility index (Phi) is 8.18. The van der Waals surface area contributed by atoms with Gasteiger partial charge in [-0.25, -0.2) is 0 Å². The van der Waals surface area contributed by atoms with Gasteiger partial charge in [-0.05, 0) is 79.7 Å². The van der Waals surface area contributed by atoms with Crippen LogP contribution in [0.5, 0.6) is 17.2 Å². The van der Waals surface area contributed by atoms with Crippen LogP contribution in [0.25, 0.3) is 11.1 Å². The molecule has 0 radical (unpaired) electrons. The standard InChI is InChI=1S/C34H34N2O4/c1-35(2)21-6-22-40-29-19-13-26(14-20-29)32(25-11-15-27(37)16-12-25)33-30-7-4-5-8-31(30)36(34(33)38)23-24-9-17-28(39-3)18-10-24/h4-5,7-20,37H,6,21-23H2,1-3H3/b33-32-. The second kappa shape index (κ2) is 12.1. The van der Waals surface area contributed by atoms with Crippen LogP contribution < -0.4 is 14.4 Å². The molecule has 6 heteroatoms. The predicted molar refractivity (Wildman–Crippen MR) is 160 cm³/mol. The van der Waals surface area contributed by atoms with Gasteiger partial charge in [-0.2, -0.15) is 0 Å². The van der Waals surface area contributed by atoms with Crippen molar-refractivity contribution in [1.29, 1.82) is 0 Å². The summed E-state index contributed by atoms with van der Waals surface area (Å²) in [4.78, 5) is 18.2. The number of hydrogen-bond acceptors (Lipinski definition) is 5. The first-order chi connectivity index (χ1) is 19.4. The van der Waals surface area contributed by atoms with E-state index in [0.29, 0.717) is 18.7 Å². The molecule has 1 amide bonds. The monoisotopic (exact) mass is 534 g/mol. The molecule has 5 rings (SSSR count). The van der Waals surface area contributed by atoms with Crippen molar-refractivity contribution in [2.75, 3.05) is 39.3 Å². The highest BCUT2D eigenvalue weighted by atomic mass is 16.5. The number of phenols is 1. The molecule has 1 heterocycles. The lowest BCUT2D eigenvalue weighted by atomic mass is 9.90. The molecular formula is C34H34N2O4. The van der Waals surface area contributed by atoms with Crippen LogP contribution in [0, 0.1) is 0 Å². The van der Waals surface area contributed by atoms with E-state index < -0.39 is 0 Å². The van der Waals surface area contributed by atoms with Crippen LogP contribution in [-0.2, 0) is 11.3 Å². The second-order valence-corrected chi connectivity index (χ2v) is 10.1. The zero-order chi connectivity index (χ0) is 28.1. The average molecular weight is 535 g/mol. The van der Waals surface area contributed by atoms with E-state index in [0.717, 1.165) is 58.0 Å². The third kappa shape index (κ3) is 5.87. The average Bonchev–Trinajstić information content (AvgIpc) is 3.24. The van der Waals surface area contributed by atoms with Crippen molar-refractivity contribution in [2.45, 2.75) is 13.0 Å². The first-order valence-electron chi connectivity index (χ1n) is 13.4. The molecule has 4 aromatic rings. The summed E-state index contributed by atoms with van der Waals surface area (Å²) in [6, 6.07) is 30.6. The van der Waals surface area contributed by atoms with E-state index in [-0.39, 0.29) is 11.7 Å². The molecular weight excluding hydrogens is 500 g/mol. The van der Waals surface area contributed by atoms with E-state index in [4.69, 9.17) is 9.47 Å². The Hall–Kier alpha value is -4.55. The van der Waals surface area contributed by atoms with E-state index in [1.54, 1.807) is 19.2 Å². The van der Waals surface area contributed by atoms with Gasteiger partial charge in [-0.1, -0.05) is 54.6 Å². The van der Waals surface area contributed by atoms with Crippen molar-refractivity contribution in [1.82, 2.24) is 4.90 Å². The molecule has 40 heavy (non-hydrogen) atoms. The quantitative estimate of drug-likeness (QED) is 0.193. The maximum Gasteiger partial charge on any atom is 0.259 e. The molecule has 0 unspecified atom stereocenters. The highest BCUT2D eigenvalue weighted by Gasteiger charge is 2.35. The maximum atomic E-state index is 14.2. The molecule has 0 spiro atoms. The number of phenolic OH excluding ortho intramolecular Hbond substituents is 1. The van der Waals surface area contributed by atoms with Crippen LogP contribution in [0.4, 0.5) is 5.69 Å². The summed E-state index contributed by atoms with van der Waals surface area (Å²) in [6.45, 7) is 2.03.